The summed E-state index contributed by atoms with van der Waals surface area (Å²) in [6.07, 6.45) is -4.72. The van der Waals surface area contributed by atoms with Crippen LogP contribution in [0.4, 0.5) is 32.2 Å². The van der Waals surface area contributed by atoms with Gasteiger partial charge in [-0.1, -0.05) is 23.7 Å². The zero-order valence-corrected chi connectivity index (χ0v) is 26.7. The number of pyridine rings is 1. The molecule has 1 atom stereocenters. The molecule has 0 bridgehead atoms. The summed E-state index contributed by atoms with van der Waals surface area (Å²) < 4.78 is 91.6. The number of carbonyl (C=O) groups excluding carboxylic acids is 1. The van der Waals surface area contributed by atoms with Crippen molar-refractivity contribution in [1.29, 1.82) is 5.41 Å². The minimum atomic E-state index is -3.56. The number of nitrogens with two attached hydrogens (primary N) is 1. The number of nitrogens with one attached hydrogen (secondary N) is 3. The van der Waals surface area contributed by atoms with Crippen LogP contribution in [0.15, 0.2) is 53.7 Å². The van der Waals surface area contributed by atoms with Gasteiger partial charge in [0, 0.05) is 34.9 Å². The molecule has 4 aromatic rings. The monoisotopic (exact) mass is 705 g/mol. The van der Waals surface area contributed by atoms with Gasteiger partial charge in [-0.15, -0.1) is 0 Å². The van der Waals surface area contributed by atoms with Crippen LogP contribution in [-0.2, 0) is 16.0 Å². The van der Waals surface area contributed by atoms with Crippen LogP contribution in [-0.4, -0.2) is 58.5 Å². The molecule has 2 aromatic carbocycles. The fourth-order valence-corrected chi connectivity index (χ4v) is 6.41. The molecule has 1 amide bonds. The predicted octanol–water partition coefficient (Wildman–Crippen LogP) is 6.45. The Morgan fingerprint density at radius 3 is 2.49 bits per heavy atom. The normalized spacial score (nSPS) is 16.7. The molecular formula is C33H30ClF6N7O2. The molecule has 0 unspecified atom stereocenters. The minimum Gasteiger partial charge on any atom is -0.382 e. The first-order chi connectivity index (χ1) is 23.2. The Labute approximate surface area is 281 Å². The topological polar surface area (TPSA) is 131 Å². The molecule has 0 radical (unpaired) electrons. The Bertz CT molecular complexity index is 1980. The number of hydrogen-bond donors (Lipinski definition) is 4. The van der Waals surface area contributed by atoms with Crippen molar-refractivity contribution >= 4 is 39.9 Å². The highest BCUT2D eigenvalue weighted by Crippen LogP contribution is 2.42. The fraction of sp³-hybridized carbons (Fsp3) is 0.333. The number of hydrogen-bond acceptors (Lipinski definition) is 7. The second-order valence-corrected chi connectivity index (χ2v) is 12.4. The minimum absolute atomic E-state index is 0.143. The summed E-state index contributed by atoms with van der Waals surface area (Å²) in [5.41, 5.74) is 6.15. The third-order valence-corrected chi connectivity index (χ3v) is 8.82. The van der Waals surface area contributed by atoms with Crippen molar-refractivity contribution in [2.75, 3.05) is 25.5 Å². The number of halogens is 7. The number of rotatable bonds is 11. The molecule has 1 aliphatic carbocycles. The lowest BCUT2D eigenvalue weighted by Gasteiger charge is -2.28. The van der Waals surface area contributed by atoms with E-state index in [4.69, 9.17) is 32.5 Å². The van der Waals surface area contributed by atoms with E-state index in [-0.39, 0.29) is 29.5 Å². The molecule has 6 rings (SSSR count). The number of nitrogens with zero attached hydrogens (tertiary/aromatic N) is 3. The average molecular weight is 706 g/mol. The van der Waals surface area contributed by atoms with Crippen LogP contribution in [0.1, 0.15) is 41.9 Å². The van der Waals surface area contributed by atoms with E-state index in [9.17, 15) is 31.1 Å². The standard InChI is InChI=1S/C33H30ClF6N7O2/c1-15-2-3-20(21-4-5-23(34)26-29(21)47(46-32(26)42)19-13-49-14-19)28(44-15)24(10-16-8-17(35)11-18(36)9-16)45-25(48)12-43-30-22(27(41)31(37)38)6-7-33(30,39)40/h2-5,8-9,11,19,24,31,41,43H,6-7,10,12-14H2,1H3,(H2,42,46)(H,45,48)/t24-/m0/s1. The van der Waals surface area contributed by atoms with E-state index in [2.05, 4.69) is 15.7 Å². The van der Waals surface area contributed by atoms with Crippen molar-refractivity contribution < 1.29 is 35.9 Å². The van der Waals surface area contributed by atoms with E-state index in [0.717, 1.165) is 12.1 Å². The zero-order chi connectivity index (χ0) is 35.2. The van der Waals surface area contributed by atoms with Crippen LogP contribution in [0.2, 0.25) is 5.02 Å². The Hall–Kier alpha value is -4.63. The van der Waals surface area contributed by atoms with Gasteiger partial charge in [-0.3, -0.25) is 19.9 Å². The van der Waals surface area contributed by atoms with Gasteiger partial charge in [0.15, 0.2) is 5.82 Å². The first-order valence-electron chi connectivity index (χ1n) is 15.2. The Kier molecular flexibility index (Phi) is 9.33. The lowest BCUT2D eigenvalue weighted by atomic mass is 9.93. The van der Waals surface area contributed by atoms with E-state index in [1.807, 2.05) is 0 Å². The number of alkyl halides is 4. The number of amides is 1. The van der Waals surface area contributed by atoms with E-state index in [0.29, 0.717) is 52.0 Å². The SMILES string of the molecule is Cc1ccc(-c2ccc(Cl)c3c(N)nn(C4COC4)c23)c([C@H](Cc2cc(F)cc(F)c2)NC(=O)CNC2=C(C(=N)C(F)F)CCC2(F)F)n1. The highest BCUT2D eigenvalue weighted by molar-refractivity contribution is 6.37. The zero-order valence-electron chi connectivity index (χ0n) is 25.9. The molecule has 258 valence electrons. The maximum Gasteiger partial charge on any atom is 0.287 e. The molecule has 2 aliphatic rings. The summed E-state index contributed by atoms with van der Waals surface area (Å²) in [5.74, 6) is -5.94. The predicted molar refractivity (Wildman–Crippen MR) is 171 cm³/mol. The Morgan fingerprint density at radius 2 is 1.84 bits per heavy atom. The van der Waals surface area contributed by atoms with Crippen molar-refractivity contribution in [2.45, 2.75) is 50.6 Å². The fourth-order valence-electron chi connectivity index (χ4n) is 6.16. The van der Waals surface area contributed by atoms with Gasteiger partial charge in [0.25, 0.3) is 12.3 Å². The van der Waals surface area contributed by atoms with Gasteiger partial charge in [-0.05, 0) is 49.6 Å². The van der Waals surface area contributed by atoms with Gasteiger partial charge in [-0.2, -0.15) is 13.9 Å². The highest BCUT2D eigenvalue weighted by atomic mass is 35.5. The average Bonchev–Trinajstić information content (AvgIpc) is 3.49. The van der Waals surface area contributed by atoms with Crippen molar-refractivity contribution in [3.63, 3.8) is 0 Å². The van der Waals surface area contributed by atoms with Crippen LogP contribution in [0.25, 0.3) is 22.0 Å². The van der Waals surface area contributed by atoms with Gasteiger partial charge < -0.3 is 21.1 Å². The number of benzene rings is 2. The molecule has 1 fully saturated rings. The Morgan fingerprint density at radius 1 is 1.14 bits per heavy atom. The molecule has 49 heavy (non-hydrogen) atoms. The molecule has 1 saturated heterocycles. The maximum absolute atomic E-state index is 14.7. The van der Waals surface area contributed by atoms with Crippen LogP contribution in [0.3, 0.4) is 0 Å². The first-order valence-corrected chi connectivity index (χ1v) is 15.6. The number of carbonyl (C=O) groups is 1. The molecule has 1 aliphatic heterocycles. The number of aryl methyl sites for hydroxylation is 1. The van der Waals surface area contributed by atoms with Crippen molar-refractivity contribution in [2.24, 2.45) is 0 Å². The van der Waals surface area contributed by atoms with Crippen molar-refractivity contribution in [3.05, 3.63) is 87.3 Å². The smallest absolute Gasteiger partial charge is 0.287 e. The number of nitrogen functional groups attached to an aromatic ring is 1. The number of allylic oxidation sites excluding steroid dienone is 2. The first kappa shape index (κ1) is 34.2. The molecule has 5 N–H and O–H groups in total. The molecule has 0 saturated carbocycles. The van der Waals surface area contributed by atoms with Crippen LogP contribution in [0, 0.1) is 24.0 Å². The van der Waals surface area contributed by atoms with Gasteiger partial charge in [0.1, 0.15) is 17.3 Å². The number of aromatic nitrogens is 3. The lowest BCUT2D eigenvalue weighted by Crippen LogP contribution is -2.40. The van der Waals surface area contributed by atoms with Crippen LogP contribution < -0.4 is 16.4 Å². The molecule has 2 aromatic heterocycles. The summed E-state index contributed by atoms with van der Waals surface area (Å²) in [7, 11) is 0. The second-order valence-electron chi connectivity index (χ2n) is 12.0. The van der Waals surface area contributed by atoms with Gasteiger partial charge >= 0.3 is 0 Å². The van der Waals surface area contributed by atoms with Gasteiger partial charge in [0.2, 0.25) is 5.91 Å². The van der Waals surface area contributed by atoms with E-state index in [1.54, 1.807) is 35.9 Å². The summed E-state index contributed by atoms with van der Waals surface area (Å²) in [5, 5.41) is 17.9. The summed E-state index contributed by atoms with van der Waals surface area (Å²) >= 11 is 6.56. The van der Waals surface area contributed by atoms with Crippen molar-refractivity contribution in [1.82, 2.24) is 25.4 Å². The van der Waals surface area contributed by atoms with E-state index < -0.39 is 72.3 Å². The molecule has 3 heterocycles. The Balaban J connectivity index is 1.41. The summed E-state index contributed by atoms with van der Waals surface area (Å²) in [6, 6.07) is 8.49. The third kappa shape index (κ3) is 6.81. The molecule has 9 nitrogen and oxygen atoms in total. The third-order valence-electron chi connectivity index (χ3n) is 8.50. The van der Waals surface area contributed by atoms with Crippen LogP contribution >= 0.6 is 11.6 Å². The quantitative estimate of drug-likeness (QED) is 0.105. The van der Waals surface area contributed by atoms with Gasteiger partial charge in [0.05, 0.1) is 59.2 Å². The second kappa shape index (κ2) is 13.3. The molecular weight excluding hydrogens is 676 g/mol. The van der Waals surface area contributed by atoms with E-state index >= 15 is 0 Å². The van der Waals surface area contributed by atoms with Crippen LogP contribution in [0.5, 0.6) is 0 Å². The summed E-state index contributed by atoms with van der Waals surface area (Å²) in [6.45, 7) is 1.68. The largest absolute Gasteiger partial charge is 0.382 e. The number of fused-ring (bicyclic) bond motifs is 1. The molecule has 16 heteroatoms. The van der Waals surface area contributed by atoms with Gasteiger partial charge in [-0.25, -0.2) is 17.6 Å². The number of anilines is 1. The van der Waals surface area contributed by atoms with E-state index in [1.165, 1.54) is 0 Å². The summed E-state index contributed by atoms with van der Waals surface area (Å²) in [4.78, 5) is 18.2. The highest BCUT2D eigenvalue weighted by Gasteiger charge is 2.44. The maximum atomic E-state index is 14.7. The molecule has 0 spiro atoms. The van der Waals surface area contributed by atoms with Crippen molar-refractivity contribution in [3.8, 4) is 11.1 Å². The number of ether oxygens (including phenoxy) is 1. The lowest BCUT2D eigenvalue weighted by molar-refractivity contribution is -0.121.